The highest BCUT2D eigenvalue weighted by molar-refractivity contribution is 8.11. The number of ether oxygens (including phenoxy) is 6. The second-order valence-corrected chi connectivity index (χ2v) is 17.3. The van der Waals surface area contributed by atoms with Gasteiger partial charge in [-0.25, -0.2) is 0 Å². The molecule has 56 heavy (non-hydrogen) atoms. The third kappa shape index (κ3) is 13.4. The van der Waals surface area contributed by atoms with Crippen molar-refractivity contribution in [2.45, 2.75) is 117 Å². The number of nitrogens with one attached hydrogen (secondary N) is 3. The first-order valence-corrected chi connectivity index (χ1v) is 25.1. The molecule has 3 heterocycles. The Morgan fingerprint density at radius 2 is 1.09 bits per heavy atom. The van der Waals surface area contributed by atoms with Gasteiger partial charge in [0.15, 0.2) is 25.0 Å². The van der Waals surface area contributed by atoms with E-state index in [2.05, 4.69) is 42.5 Å². The van der Waals surface area contributed by atoms with Crippen LogP contribution in [0.25, 0.3) is 0 Å². The van der Waals surface area contributed by atoms with Gasteiger partial charge < -0.3 is 105 Å². The standard InChI is InChI=1S/C26H51N3O21P6/c30-5(9(31)13(35)16(38)21(42)29-56-53)3-45-23-19(41)20(50-24-18(40)15(37)11(33)7(48-24)2-28-26(44)55-52)12(34)8(49-23)4-46-22-17(39)14(36)10(32)6(47-22)1-27-25(43)54-51/h5-20,22-24,30-41,54-56H,1-4,51-53H2,(H,27,43)(H,28,44)(H,29,42)/t5?,6?,7?,8?,9-,10-,11-,12-,13?,14?,15?,16-,17+,18+,19+,20?,22+,23+,24-/m0/s1. The lowest BCUT2D eigenvalue weighted by Gasteiger charge is -2.47. The molecule has 3 aliphatic rings. The molecule has 30 heteroatoms. The van der Waals surface area contributed by atoms with Crippen LogP contribution >= 0.6 is 51.7 Å². The summed E-state index contributed by atoms with van der Waals surface area (Å²) >= 11 is 0. The Bertz CT molecular complexity index is 1260. The van der Waals surface area contributed by atoms with Crippen LogP contribution in [0.3, 0.4) is 0 Å². The average molecular weight is 928 g/mol. The number of hydrogen-bond acceptors (Lipinski definition) is 21. The lowest BCUT2D eigenvalue weighted by molar-refractivity contribution is -0.365. The lowest BCUT2D eigenvalue weighted by atomic mass is 9.96. The van der Waals surface area contributed by atoms with Crippen LogP contribution in [0.2, 0.25) is 0 Å². The van der Waals surface area contributed by atoms with Crippen LogP contribution in [0.4, 0.5) is 9.59 Å². The summed E-state index contributed by atoms with van der Waals surface area (Å²) in [6.07, 6.45) is -35.5. The van der Waals surface area contributed by atoms with E-state index in [9.17, 15) is 75.7 Å². The fraction of sp³-hybridized carbons (Fsp3) is 0.885. The monoisotopic (exact) mass is 927 g/mol. The van der Waals surface area contributed by atoms with Gasteiger partial charge in [0.25, 0.3) is 5.91 Å². The van der Waals surface area contributed by atoms with Crippen molar-refractivity contribution in [3.05, 3.63) is 0 Å². The van der Waals surface area contributed by atoms with Crippen LogP contribution in [0, 0.1) is 0 Å². The highest BCUT2D eigenvalue weighted by Gasteiger charge is 2.52. The van der Waals surface area contributed by atoms with Crippen molar-refractivity contribution < 1.29 is 104 Å². The molecule has 0 bridgehead atoms. The van der Waals surface area contributed by atoms with E-state index in [0.717, 1.165) is 0 Å². The highest BCUT2D eigenvalue weighted by atomic mass is 32.0. The molecule has 3 saturated heterocycles. The van der Waals surface area contributed by atoms with E-state index in [1.807, 2.05) is 0 Å². The van der Waals surface area contributed by atoms with Gasteiger partial charge in [0, 0.05) is 13.1 Å². The van der Waals surface area contributed by atoms with Crippen LogP contribution in [-0.2, 0) is 33.2 Å². The summed E-state index contributed by atoms with van der Waals surface area (Å²) in [6, 6.07) is 0. The molecule has 0 spiro atoms. The van der Waals surface area contributed by atoms with E-state index < -0.39 is 147 Å². The van der Waals surface area contributed by atoms with Crippen LogP contribution in [0.1, 0.15) is 0 Å². The summed E-state index contributed by atoms with van der Waals surface area (Å²) in [5.41, 5.74) is -0.876. The number of aliphatic hydroxyl groups excluding tert-OH is 12. The molecule has 3 fully saturated rings. The van der Waals surface area contributed by atoms with Gasteiger partial charge in [-0.2, -0.15) is 0 Å². The first kappa shape index (κ1) is 50.6. The predicted molar refractivity (Wildman–Crippen MR) is 204 cm³/mol. The minimum Gasteiger partial charge on any atom is -0.388 e. The number of carbonyl (C=O) groups excluding carboxylic acids is 3. The maximum atomic E-state index is 11.9. The zero-order valence-corrected chi connectivity index (χ0v) is 35.5. The molecular formula is C26H51N3O21P6. The first-order chi connectivity index (χ1) is 26.4. The summed E-state index contributed by atoms with van der Waals surface area (Å²) < 4.78 is 33.5. The number of rotatable bonds is 19. The largest absolute Gasteiger partial charge is 0.388 e. The van der Waals surface area contributed by atoms with Gasteiger partial charge in [-0.15, -0.1) is 17.9 Å². The number of hydrogen-bond donors (Lipinski definition) is 15. The van der Waals surface area contributed by atoms with Crippen molar-refractivity contribution in [1.82, 2.24) is 15.7 Å². The van der Waals surface area contributed by atoms with Crippen molar-refractivity contribution in [2.75, 3.05) is 26.3 Å². The molecule has 14 unspecified atom stereocenters. The Hall–Kier alpha value is 0.270. The van der Waals surface area contributed by atoms with Gasteiger partial charge >= 0.3 is 0 Å². The van der Waals surface area contributed by atoms with Crippen LogP contribution < -0.4 is 15.7 Å². The van der Waals surface area contributed by atoms with Crippen molar-refractivity contribution in [2.24, 2.45) is 0 Å². The minimum atomic E-state index is -2.22. The molecule has 0 radical (unpaired) electrons. The van der Waals surface area contributed by atoms with Gasteiger partial charge in [0.05, 0.1) is 13.2 Å². The summed E-state index contributed by atoms with van der Waals surface area (Å²) in [5.74, 6) is -1.06. The molecular weight excluding hydrogens is 876 g/mol. The molecule has 24 nitrogen and oxygen atoms in total. The molecule has 326 valence electrons. The van der Waals surface area contributed by atoms with Crippen molar-refractivity contribution in [1.29, 1.82) is 0 Å². The second kappa shape index (κ2) is 24.1. The average Bonchev–Trinajstić information content (AvgIpc) is 3.19. The summed E-state index contributed by atoms with van der Waals surface area (Å²) in [7, 11) is 5.83. The van der Waals surface area contributed by atoms with Gasteiger partial charge in [0.2, 0.25) is 11.3 Å². The number of aliphatic hydroxyl groups is 12. The van der Waals surface area contributed by atoms with Crippen molar-refractivity contribution >= 4 is 68.9 Å². The normalized spacial score (nSPS) is 39.2. The minimum absolute atomic E-state index is 0.233. The lowest BCUT2D eigenvalue weighted by Crippen LogP contribution is -2.66. The SMILES string of the molecule is O=C(NCC1O[C@@H](OCC2O[C@@H](OCC(O)[C@H](O)C(O)[C@H](O)C(=O)NPP)[C@H](O)C(O[C@@H]3OC(CNC(=O)PP)[C@H](O)C(O)[C@H]3O)[C@H]2O)[C@H](O)C(O)[C@H]1O)PP. The first-order valence-electron chi connectivity index (χ1n) is 16.6. The summed E-state index contributed by atoms with van der Waals surface area (Å²) in [4.78, 5) is 35.5. The van der Waals surface area contributed by atoms with Crippen LogP contribution in [0.15, 0.2) is 0 Å². The van der Waals surface area contributed by atoms with E-state index >= 15 is 0 Å². The maximum Gasteiger partial charge on any atom is 0.254 e. The van der Waals surface area contributed by atoms with Gasteiger partial charge in [-0.1, -0.05) is 8.93 Å². The topological polar surface area (TPSA) is 385 Å². The van der Waals surface area contributed by atoms with E-state index in [0.29, 0.717) is 0 Å². The van der Waals surface area contributed by atoms with Crippen LogP contribution in [0.5, 0.6) is 0 Å². The molecule has 3 aliphatic heterocycles. The van der Waals surface area contributed by atoms with Crippen molar-refractivity contribution in [3.8, 4) is 0 Å². The van der Waals surface area contributed by atoms with E-state index in [-0.39, 0.29) is 38.0 Å². The summed E-state index contributed by atoms with van der Waals surface area (Å²) in [6.45, 7) is -2.41. The molecule has 3 rings (SSSR count). The quantitative estimate of drug-likeness (QED) is 0.0535. The molecule has 0 aromatic heterocycles. The fourth-order valence-electron chi connectivity index (χ4n) is 5.60. The zero-order valence-electron chi connectivity index (χ0n) is 29.1. The predicted octanol–water partition coefficient (Wildman–Crippen LogP) is -7.23. The van der Waals surface area contributed by atoms with E-state index in [4.69, 9.17) is 28.4 Å². The maximum absolute atomic E-state index is 11.9. The molecule has 3 amide bonds. The Labute approximate surface area is 331 Å². The Morgan fingerprint density at radius 3 is 1.61 bits per heavy atom. The van der Waals surface area contributed by atoms with Crippen LogP contribution in [-0.4, -0.2) is 221 Å². The molecule has 0 aromatic carbocycles. The summed E-state index contributed by atoms with van der Waals surface area (Å²) in [5, 5.41) is 134. The molecule has 25 atom stereocenters. The van der Waals surface area contributed by atoms with Gasteiger partial charge in [-0.05, 0) is 25.0 Å². The molecule has 0 saturated carbocycles. The molecule has 0 aromatic rings. The van der Waals surface area contributed by atoms with Gasteiger partial charge in [-0.3, -0.25) is 14.4 Å². The number of amides is 3. The Morgan fingerprint density at radius 1 is 0.607 bits per heavy atom. The van der Waals surface area contributed by atoms with E-state index in [1.54, 1.807) is 0 Å². The zero-order chi connectivity index (χ0) is 42.0. The van der Waals surface area contributed by atoms with Gasteiger partial charge in [0.1, 0.15) is 91.6 Å². The molecule has 0 aliphatic carbocycles. The third-order valence-electron chi connectivity index (χ3n) is 8.85. The second-order valence-electron chi connectivity index (χ2n) is 12.7. The van der Waals surface area contributed by atoms with E-state index in [1.165, 1.54) is 0 Å². The van der Waals surface area contributed by atoms with Crippen molar-refractivity contribution in [3.63, 3.8) is 0 Å². The highest BCUT2D eigenvalue weighted by Crippen LogP contribution is 2.32. The number of carbonyl (C=O) groups is 3. The Kier molecular flexibility index (Phi) is 21.7. The third-order valence-corrected chi connectivity index (χ3v) is 12.1. The fourth-order valence-corrected chi connectivity index (χ4v) is 7.34. The Balaban J connectivity index is 1.82. The smallest absolute Gasteiger partial charge is 0.254 e. The molecule has 15 N–H and O–H groups in total.